The largest absolute Gasteiger partial charge is 0.573 e. The molecular formula is C15H12F3NO4. The molecule has 0 saturated carbocycles. The lowest BCUT2D eigenvalue weighted by Crippen LogP contribution is -2.16. The Hall–Kier alpha value is -2.77. The molecule has 0 aliphatic heterocycles. The van der Waals surface area contributed by atoms with Gasteiger partial charge in [0.1, 0.15) is 5.75 Å². The van der Waals surface area contributed by atoms with Crippen molar-refractivity contribution in [1.29, 1.82) is 0 Å². The van der Waals surface area contributed by atoms with Crippen LogP contribution in [0.2, 0.25) is 0 Å². The molecule has 0 saturated heterocycles. The summed E-state index contributed by atoms with van der Waals surface area (Å²) in [4.78, 5) is 15.5. The van der Waals surface area contributed by atoms with Crippen molar-refractivity contribution in [3.63, 3.8) is 0 Å². The standard InChI is InChI=1S/C15H12F3NO4/c1-21-13-12(7-10(8-19-13)14(20)22-2)9-3-5-11(6-4-9)23-15(16,17)18/h3-8H,1-2H3. The number of benzene rings is 1. The molecule has 0 atom stereocenters. The van der Waals surface area contributed by atoms with Crippen LogP contribution in [0.4, 0.5) is 13.2 Å². The van der Waals surface area contributed by atoms with Gasteiger partial charge < -0.3 is 14.2 Å². The first-order valence-corrected chi connectivity index (χ1v) is 6.32. The van der Waals surface area contributed by atoms with E-state index in [9.17, 15) is 18.0 Å². The summed E-state index contributed by atoms with van der Waals surface area (Å²) in [5, 5.41) is 0. The van der Waals surface area contributed by atoms with Crippen molar-refractivity contribution in [2.24, 2.45) is 0 Å². The first kappa shape index (κ1) is 16.6. The molecule has 5 nitrogen and oxygen atoms in total. The third-order valence-corrected chi connectivity index (χ3v) is 2.86. The van der Waals surface area contributed by atoms with Crippen molar-refractivity contribution in [3.05, 3.63) is 42.1 Å². The monoisotopic (exact) mass is 327 g/mol. The van der Waals surface area contributed by atoms with Gasteiger partial charge in [-0.05, 0) is 23.8 Å². The van der Waals surface area contributed by atoms with Crippen LogP contribution in [0.3, 0.4) is 0 Å². The Morgan fingerprint density at radius 3 is 2.30 bits per heavy atom. The number of carbonyl (C=O) groups excluding carboxylic acids is 1. The molecule has 0 N–H and O–H groups in total. The molecule has 2 aromatic rings. The number of nitrogens with zero attached hydrogens (tertiary/aromatic N) is 1. The second-order valence-electron chi connectivity index (χ2n) is 4.34. The Balaban J connectivity index is 2.38. The predicted molar refractivity (Wildman–Crippen MR) is 74.2 cm³/mol. The molecule has 0 spiro atoms. The molecular weight excluding hydrogens is 315 g/mol. The fraction of sp³-hybridized carbons (Fsp3) is 0.200. The van der Waals surface area contributed by atoms with E-state index in [0.717, 1.165) is 12.1 Å². The molecule has 122 valence electrons. The predicted octanol–water partition coefficient (Wildman–Crippen LogP) is 3.44. The molecule has 0 radical (unpaired) electrons. The van der Waals surface area contributed by atoms with Crippen LogP contribution in [-0.2, 0) is 4.74 Å². The topological polar surface area (TPSA) is 57.7 Å². The lowest BCUT2D eigenvalue weighted by Gasteiger charge is -2.11. The molecule has 23 heavy (non-hydrogen) atoms. The molecule has 0 aliphatic rings. The average molecular weight is 327 g/mol. The van der Waals surface area contributed by atoms with Gasteiger partial charge in [-0.2, -0.15) is 0 Å². The summed E-state index contributed by atoms with van der Waals surface area (Å²) in [6, 6.07) is 6.61. The highest BCUT2D eigenvalue weighted by Crippen LogP contribution is 2.31. The van der Waals surface area contributed by atoms with Crippen LogP contribution in [0.25, 0.3) is 11.1 Å². The highest BCUT2D eigenvalue weighted by Gasteiger charge is 2.31. The van der Waals surface area contributed by atoms with E-state index in [1.54, 1.807) is 0 Å². The highest BCUT2D eigenvalue weighted by atomic mass is 19.4. The van der Waals surface area contributed by atoms with E-state index < -0.39 is 12.3 Å². The number of alkyl halides is 3. The molecule has 0 amide bonds. The first-order valence-electron chi connectivity index (χ1n) is 6.32. The Bertz CT molecular complexity index is 699. The van der Waals surface area contributed by atoms with Crippen LogP contribution in [0, 0.1) is 0 Å². The van der Waals surface area contributed by atoms with Crippen LogP contribution in [0.5, 0.6) is 11.6 Å². The van der Waals surface area contributed by atoms with Crippen molar-refractivity contribution in [3.8, 4) is 22.8 Å². The molecule has 1 aromatic heterocycles. The van der Waals surface area contributed by atoms with Gasteiger partial charge in [-0.3, -0.25) is 0 Å². The fourth-order valence-corrected chi connectivity index (χ4v) is 1.89. The van der Waals surface area contributed by atoms with Gasteiger partial charge in [0.25, 0.3) is 0 Å². The van der Waals surface area contributed by atoms with E-state index in [1.807, 2.05) is 0 Å². The average Bonchev–Trinajstić information content (AvgIpc) is 2.52. The van der Waals surface area contributed by atoms with Crippen LogP contribution >= 0.6 is 0 Å². The summed E-state index contributed by atoms with van der Waals surface area (Å²) < 4.78 is 50.0. The number of hydrogen-bond donors (Lipinski definition) is 0. The summed E-state index contributed by atoms with van der Waals surface area (Å²) in [5.41, 5.74) is 1.14. The van der Waals surface area contributed by atoms with Crippen molar-refractivity contribution < 1.29 is 32.2 Å². The first-order chi connectivity index (χ1) is 10.8. The van der Waals surface area contributed by atoms with Crippen molar-refractivity contribution >= 4 is 5.97 Å². The summed E-state index contributed by atoms with van der Waals surface area (Å²) in [6.07, 6.45) is -3.47. The van der Waals surface area contributed by atoms with Crippen LogP contribution in [0.15, 0.2) is 36.5 Å². The third-order valence-electron chi connectivity index (χ3n) is 2.86. The van der Waals surface area contributed by atoms with Gasteiger partial charge in [0.05, 0.1) is 19.8 Å². The number of ether oxygens (including phenoxy) is 3. The molecule has 8 heteroatoms. The van der Waals surface area contributed by atoms with Gasteiger partial charge in [0.15, 0.2) is 0 Å². The number of methoxy groups -OCH3 is 2. The van der Waals surface area contributed by atoms with Crippen LogP contribution in [0.1, 0.15) is 10.4 Å². The zero-order valence-corrected chi connectivity index (χ0v) is 12.2. The minimum atomic E-state index is -4.76. The third kappa shape index (κ3) is 4.12. The second kappa shape index (κ2) is 6.55. The molecule has 0 fully saturated rings. The lowest BCUT2D eigenvalue weighted by atomic mass is 10.1. The summed E-state index contributed by atoms with van der Waals surface area (Å²) in [5.74, 6) is -0.710. The lowest BCUT2D eigenvalue weighted by molar-refractivity contribution is -0.274. The van der Waals surface area contributed by atoms with Crippen molar-refractivity contribution in [1.82, 2.24) is 4.98 Å². The summed E-state index contributed by atoms with van der Waals surface area (Å²) in [6.45, 7) is 0. The number of hydrogen-bond acceptors (Lipinski definition) is 5. The molecule has 1 heterocycles. The van der Waals surface area contributed by atoms with Gasteiger partial charge >= 0.3 is 12.3 Å². The maximum absolute atomic E-state index is 12.2. The van der Waals surface area contributed by atoms with Gasteiger partial charge in [-0.15, -0.1) is 13.2 Å². The van der Waals surface area contributed by atoms with E-state index >= 15 is 0 Å². The molecule has 0 unspecified atom stereocenters. The number of pyridine rings is 1. The van der Waals surface area contributed by atoms with Gasteiger partial charge in [0.2, 0.25) is 5.88 Å². The Morgan fingerprint density at radius 2 is 1.78 bits per heavy atom. The zero-order valence-electron chi connectivity index (χ0n) is 12.2. The zero-order chi connectivity index (χ0) is 17.0. The van der Waals surface area contributed by atoms with Crippen LogP contribution < -0.4 is 9.47 Å². The van der Waals surface area contributed by atoms with E-state index in [4.69, 9.17) is 4.74 Å². The highest BCUT2D eigenvalue weighted by molar-refractivity contribution is 5.91. The Morgan fingerprint density at radius 1 is 1.13 bits per heavy atom. The van der Waals surface area contributed by atoms with Crippen LogP contribution in [-0.4, -0.2) is 31.5 Å². The molecule has 1 aromatic carbocycles. The smallest absolute Gasteiger partial charge is 0.481 e. The minimum absolute atomic E-state index is 0.193. The number of halogens is 3. The maximum Gasteiger partial charge on any atom is 0.573 e. The number of aromatic nitrogens is 1. The Labute approximate surface area is 129 Å². The summed E-state index contributed by atoms with van der Waals surface area (Å²) in [7, 11) is 2.63. The van der Waals surface area contributed by atoms with Gasteiger partial charge in [0, 0.05) is 11.8 Å². The molecule has 0 aliphatic carbocycles. The number of rotatable bonds is 4. The van der Waals surface area contributed by atoms with Gasteiger partial charge in [-0.1, -0.05) is 12.1 Å². The van der Waals surface area contributed by atoms with Gasteiger partial charge in [-0.25, -0.2) is 9.78 Å². The number of carbonyl (C=O) groups is 1. The SMILES string of the molecule is COC(=O)c1cnc(OC)c(-c2ccc(OC(F)(F)F)cc2)c1. The van der Waals surface area contributed by atoms with Crippen molar-refractivity contribution in [2.45, 2.75) is 6.36 Å². The molecule has 2 rings (SSSR count). The normalized spacial score (nSPS) is 11.0. The second-order valence-corrected chi connectivity index (χ2v) is 4.34. The van der Waals surface area contributed by atoms with E-state index in [0.29, 0.717) is 11.1 Å². The molecule has 0 bridgehead atoms. The maximum atomic E-state index is 12.2. The number of esters is 1. The van der Waals surface area contributed by atoms with E-state index in [1.165, 1.54) is 38.6 Å². The van der Waals surface area contributed by atoms with E-state index in [2.05, 4.69) is 14.5 Å². The van der Waals surface area contributed by atoms with Crippen molar-refractivity contribution in [2.75, 3.05) is 14.2 Å². The summed E-state index contributed by atoms with van der Waals surface area (Å²) >= 11 is 0. The van der Waals surface area contributed by atoms with E-state index in [-0.39, 0.29) is 17.2 Å². The fourth-order valence-electron chi connectivity index (χ4n) is 1.89. The Kier molecular flexibility index (Phi) is 4.73. The minimum Gasteiger partial charge on any atom is -0.481 e. The quantitative estimate of drug-likeness (QED) is 0.805.